The molecule has 82 valence electrons. The SMILES string of the molecule is C=CCCCN[C@@H](C)c1cccc(Cl)c1. The summed E-state index contributed by atoms with van der Waals surface area (Å²) in [5.74, 6) is 0. The van der Waals surface area contributed by atoms with E-state index in [9.17, 15) is 0 Å². The number of unbranched alkanes of at least 4 members (excludes halogenated alkanes) is 1. The Bertz CT molecular complexity index is 309. The average Bonchev–Trinajstić information content (AvgIpc) is 2.24. The van der Waals surface area contributed by atoms with Gasteiger partial charge in [-0.25, -0.2) is 0 Å². The Morgan fingerprint density at radius 1 is 1.53 bits per heavy atom. The summed E-state index contributed by atoms with van der Waals surface area (Å²) >= 11 is 5.93. The topological polar surface area (TPSA) is 12.0 Å². The van der Waals surface area contributed by atoms with Crippen LogP contribution < -0.4 is 5.32 Å². The van der Waals surface area contributed by atoms with Gasteiger partial charge in [0.15, 0.2) is 0 Å². The molecule has 1 N–H and O–H groups in total. The van der Waals surface area contributed by atoms with Crippen LogP contribution in [-0.4, -0.2) is 6.54 Å². The average molecular weight is 224 g/mol. The number of nitrogens with one attached hydrogen (secondary N) is 1. The highest BCUT2D eigenvalue weighted by Gasteiger charge is 2.03. The van der Waals surface area contributed by atoms with Crippen LogP contribution in [0.2, 0.25) is 5.02 Å². The van der Waals surface area contributed by atoms with Crippen LogP contribution in [0.4, 0.5) is 0 Å². The summed E-state index contributed by atoms with van der Waals surface area (Å²) in [6.45, 7) is 6.87. The van der Waals surface area contributed by atoms with Crippen molar-refractivity contribution >= 4 is 11.6 Å². The molecule has 2 heteroatoms. The largest absolute Gasteiger partial charge is 0.310 e. The van der Waals surface area contributed by atoms with Gasteiger partial charge in [0.25, 0.3) is 0 Å². The van der Waals surface area contributed by atoms with E-state index in [-0.39, 0.29) is 0 Å². The first-order chi connectivity index (χ1) is 7.24. The van der Waals surface area contributed by atoms with Crippen LogP contribution in [0.15, 0.2) is 36.9 Å². The number of rotatable bonds is 6. The summed E-state index contributed by atoms with van der Waals surface area (Å²) < 4.78 is 0. The van der Waals surface area contributed by atoms with Gasteiger partial charge in [-0.3, -0.25) is 0 Å². The van der Waals surface area contributed by atoms with Crippen molar-refractivity contribution in [3.8, 4) is 0 Å². The lowest BCUT2D eigenvalue weighted by molar-refractivity contribution is 0.561. The Kier molecular flexibility index (Phi) is 5.44. The maximum atomic E-state index is 5.93. The van der Waals surface area contributed by atoms with Crippen LogP contribution >= 0.6 is 11.6 Å². The zero-order valence-corrected chi connectivity index (χ0v) is 9.93. The van der Waals surface area contributed by atoms with Gasteiger partial charge in [-0.05, 0) is 44.0 Å². The smallest absolute Gasteiger partial charge is 0.0409 e. The van der Waals surface area contributed by atoms with E-state index in [1.165, 1.54) is 5.56 Å². The summed E-state index contributed by atoms with van der Waals surface area (Å²) in [6, 6.07) is 8.34. The van der Waals surface area contributed by atoms with Crippen molar-refractivity contribution in [3.63, 3.8) is 0 Å². The quantitative estimate of drug-likeness (QED) is 0.569. The molecule has 1 nitrogen and oxygen atoms in total. The highest BCUT2D eigenvalue weighted by Crippen LogP contribution is 2.17. The third kappa shape index (κ3) is 4.50. The molecule has 0 bridgehead atoms. The van der Waals surface area contributed by atoms with E-state index >= 15 is 0 Å². The minimum absolute atomic E-state index is 0.355. The maximum absolute atomic E-state index is 5.93. The fraction of sp³-hybridized carbons (Fsp3) is 0.385. The van der Waals surface area contributed by atoms with Gasteiger partial charge in [-0.2, -0.15) is 0 Å². The first kappa shape index (κ1) is 12.3. The van der Waals surface area contributed by atoms with E-state index in [1.807, 2.05) is 24.3 Å². The highest BCUT2D eigenvalue weighted by atomic mass is 35.5. The molecule has 0 aliphatic heterocycles. The normalized spacial score (nSPS) is 12.4. The number of benzene rings is 1. The second kappa shape index (κ2) is 6.65. The maximum Gasteiger partial charge on any atom is 0.0409 e. The number of allylic oxidation sites excluding steroid dienone is 1. The van der Waals surface area contributed by atoms with Crippen LogP contribution in [-0.2, 0) is 0 Å². The van der Waals surface area contributed by atoms with Crippen molar-refractivity contribution in [2.45, 2.75) is 25.8 Å². The molecule has 0 amide bonds. The molecule has 1 aromatic carbocycles. The fourth-order valence-electron chi connectivity index (χ4n) is 1.46. The molecule has 15 heavy (non-hydrogen) atoms. The summed E-state index contributed by atoms with van der Waals surface area (Å²) in [4.78, 5) is 0. The van der Waals surface area contributed by atoms with E-state index in [2.05, 4.69) is 24.9 Å². The zero-order chi connectivity index (χ0) is 11.1. The molecule has 0 unspecified atom stereocenters. The molecule has 0 spiro atoms. The summed E-state index contributed by atoms with van der Waals surface area (Å²) in [5, 5.41) is 4.25. The summed E-state index contributed by atoms with van der Waals surface area (Å²) in [7, 11) is 0. The van der Waals surface area contributed by atoms with Crippen molar-refractivity contribution in [1.29, 1.82) is 0 Å². The summed E-state index contributed by atoms with van der Waals surface area (Å²) in [6.07, 6.45) is 4.15. The molecule has 0 aliphatic rings. The van der Waals surface area contributed by atoms with Gasteiger partial charge in [0, 0.05) is 11.1 Å². The van der Waals surface area contributed by atoms with Crippen LogP contribution in [0.25, 0.3) is 0 Å². The van der Waals surface area contributed by atoms with Crippen molar-refractivity contribution in [2.24, 2.45) is 0 Å². The van der Waals surface area contributed by atoms with Gasteiger partial charge in [-0.1, -0.05) is 29.8 Å². The van der Waals surface area contributed by atoms with Crippen molar-refractivity contribution in [1.82, 2.24) is 5.32 Å². The zero-order valence-electron chi connectivity index (χ0n) is 9.17. The first-order valence-corrected chi connectivity index (χ1v) is 5.71. The number of hydrogen-bond acceptors (Lipinski definition) is 1. The summed E-state index contributed by atoms with van der Waals surface area (Å²) in [5.41, 5.74) is 1.24. The van der Waals surface area contributed by atoms with Gasteiger partial charge in [-0.15, -0.1) is 6.58 Å². The second-order valence-corrected chi connectivity index (χ2v) is 4.10. The third-order valence-corrected chi connectivity index (χ3v) is 2.62. The molecule has 0 heterocycles. The molecule has 0 saturated carbocycles. The van der Waals surface area contributed by atoms with Crippen LogP contribution in [0, 0.1) is 0 Å². The lowest BCUT2D eigenvalue weighted by atomic mass is 10.1. The Morgan fingerprint density at radius 2 is 2.33 bits per heavy atom. The molecule has 1 atom stereocenters. The molecule has 0 radical (unpaired) electrons. The van der Waals surface area contributed by atoms with Gasteiger partial charge >= 0.3 is 0 Å². The molecule has 1 aromatic rings. The third-order valence-electron chi connectivity index (χ3n) is 2.38. The van der Waals surface area contributed by atoms with Crippen molar-refractivity contribution in [3.05, 3.63) is 47.5 Å². The van der Waals surface area contributed by atoms with E-state index < -0.39 is 0 Å². The molecule has 0 saturated heterocycles. The first-order valence-electron chi connectivity index (χ1n) is 5.34. The molecule has 0 aliphatic carbocycles. The highest BCUT2D eigenvalue weighted by molar-refractivity contribution is 6.30. The van der Waals surface area contributed by atoms with Gasteiger partial charge in [0.1, 0.15) is 0 Å². The Balaban J connectivity index is 2.39. The van der Waals surface area contributed by atoms with Crippen LogP contribution in [0.5, 0.6) is 0 Å². The number of halogens is 1. The van der Waals surface area contributed by atoms with Gasteiger partial charge < -0.3 is 5.32 Å². The fourth-order valence-corrected chi connectivity index (χ4v) is 1.66. The van der Waals surface area contributed by atoms with E-state index in [1.54, 1.807) is 0 Å². The number of hydrogen-bond donors (Lipinski definition) is 1. The van der Waals surface area contributed by atoms with E-state index in [0.29, 0.717) is 6.04 Å². The Hall–Kier alpha value is -0.790. The van der Waals surface area contributed by atoms with Crippen LogP contribution in [0.3, 0.4) is 0 Å². The minimum atomic E-state index is 0.355. The lowest BCUT2D eigenvalue weighted by Gasteiger charge is -2.14. The molecule has 0 fully saturated rings. The van der Waals surface area contributed by atoms with E-state index in [0.717, 1.165) is 24.4 Å². The van der Waals surface area contributed by atoms with Crippen LogP contribution in [0.1, 0.15) is 31.4 Å². The van der Waals surface area contributed by atoms with Crippen molar-refractivity contribution in [2.75, 3.05) is 6.54 Å². The lowest BCUT2D eigenvalue weighted by Crippen LogP contribution is -2.19. The molecular weight excluding hydrogens is 206 g/mol. The monoisotopic (exact) mass is 223 g/mol. The van der Waals surface area contributed by atoms with Gasteiger partial charge in [0.2, 0.25) is 0 Å². The Morgan fingerprint density at radius 3 is 3.00 bits per heavy atom. The standard InChI is InChI=1S/C13H18ClN/c1-3-4-5-9-15-11(2)12-7-6-8-13(14)10-12/h3,6-8,10-11,15H,1,4-5,9H2,2H3/t11-/m0/s1. The van der Waals surface area contributed by atoms with Gasteiger partial charge in [0.05, 0.1) is 0 Å². The Labute approximate surface area is 97.1 Å². The predicted molar refractivity (Wildman–Crippen MR) is 67.3 cm³/mol. The molecular formula is C13H18ClN. The molecule has 1 rings (SSSR count). The second-order valence-electron chi connectivity index (χ2n) is 3.66. The predicted octanol–water partition coefficient (Wildman–Crippen LogP) is 3.96. The molecule has 0 aromatic heterocycles. The van der Waals surface area contributed by atoms with E-state index in [4.69, 9.17) is 11.6 Å². The minimum Gasteiger partial charge on any atom is -0.310 e. The van der Waals surface area contributed by atoms with Crippen molar-refractivity contribution < 1.29 is 0 Å².